The second-order valence-electron chi connectivity index (χ2n) is 6.28. The number of carbonyl (C=O) groups is 1. The summed E-state index contributed by atoms with van der Waals surface area (Å²) in [6, 6.07) is 9.30. The fourth-order valence-electron chi connectivity index (χ4n) is 2.76. The van der Waals surface area contributed by atoms with E-state index in [-0.39, 0.29) is 17.5 Å². The molecule has 3 aromatic rings. The van der Waals surface area contributed by atoms with Crippen molar-refractivity contribution in [1.82, 2.24) is 14.9 Å². The largest absolute Gasteiger partial charge is 0.333 e. The summed E-state index contributed by atoms with van der Waals surface area (Å²) < 4.78 is 0. The highest BCUT2D eigenvalue weighted by Gasteiger charge is 2.18. The van der Waals surface area contributed by atoms with E-state index >= 15 is 0 Å². The number of hydrogen-bond donors (Lipinski definition) is 1. The Morgan fingerprint density at radius 3 is 2.80 bits per heavy atom. The summed E-state index contributed by atoms with van der Waals surface area (Å²) in [7, 11) is 0. The lowest BCUT2D eigenvalue weighted by Crippen LogP contribution is -2.37. The van der Waals surface area contributed by atoms with Crippen LogP contribution in [0.2, 0.25) is 0 Å². The number of aromatic nitrogens is 2. The number of H-pyrrole nitrogens is 1. The Bertz CT molecular complexity index is 916. The highest BCUT2D eigenvalue weighted by molar-refractivity contribution is 7.07. The van der Waals surface area contributed by atoms with Crippen LogP contribution in [0.4, 0.5) is 0 Å². The normalized spacial score (nSPS) is 11.2. The number of nitrogens with zero attached hydrogens (tertiary/aromatic N) is 2. The highest BCUT2D eigenvalue weighted by Crippen LogP contribution is 2.13. The summed E-state index contributed by atoms with van der Waals surface area (Å²) in [6.07, 6.45) is 1.18. The molecule has 5 nitrogen and oxygen atoms in total. The number of thiophene rings is 1. The van der Waals surface area contributed by atoms with E-state index in [4.69, 9.17) is 0 Å². The Morgan fingerprint density at radius 2 is 2.08 bits per heavy atom. The van der Waals surface area contributed by atoms with Gasteiger partial charge < -0.3 is 9.88 Å². The summed E-state index contributed by atoms with van der Waals surface area (Å²) in [5, 5.41) is 4.64. The van der Waals surface area contributed by atoms with Crippen LogP contribution in [0.15, 0.2) is 45.9 Å². The molecule has 3 rings (SSSR count). The van der Waals surface area contributed by atoms with E-state index in [0.29, 0.717) is 29.7 Å². The van der Waals surface area contributed by atoms with Crippen LogP contribution in [0.25, 0.3) is 10.9 Å². The number of carbonyl (C=O) groups excluding carboxylic acids is 1. The molecule has 0 bridgehead atoms. The molecule has 6 heteroatoms. The van der Waals surface area contributed by atoms with Gasteiger partial charge in [0.15, 0.2) is 0 Å². The van der Waals surface area contributed by atoms with Gasteiger partial charge in [0, 0.05) is 12.5 Å². The summed E-state index contributed by atoms with van der Waals surface area (Å²) in [6.45, 7) is 4.25. The van der Waals surface area contributed by atoms with Gasteiger partial charge in [-0.05, 0) is 54.8 Å². The van der Waals surface area contributed by atoms with Crippen molar-refractivity contribution in [2.75, 3.05) is 0 Å². The zero-order valence-corrected chi connectivity index (χ0v) is 15.2. The summed E-state index contributed by atoms with van der Waals surface area (Å²) >= 11 is 1.64. The molecule has 0 aliphatic rings. The molecule has 0 aliphatic carbocycles. The molecule has 130 valence electrons. The lowest BCUT2D eigenvalue weighted by molar-refractivity contribution is -0.133. The minimum absolute atomic E-state index is 0.0340. The number of aromatic amines is 1. The molecule has 0 spiro atoms. The van der Waals surface area contributed by atoms with Gasteiger partial charge in [0.1, 0.15) is 5.82 Å². The number of fused-ring (bicyclic) bond motifs is 1. The fourth-order valence-corrected chi connectivity index (χ4v) is 3.46. The Kier molecular flexibility index (Phi) is 5.28. The third kappa shape index (κ3) is 4.14. The second kappa shape index (κ2) is 7.61. The van der Waals surface area contributed by atoms with Crippen molar-refractivity contribution in [1.29, 1.82) is 0 Å². The van der Waals surface area contributed by atoms with Crippen LogP contribution < -0.4 is 5.56 Å². The Morgan fingerprint density at radius 1 is 1.28 bits per heavy atom. The summed E-state index contributed by atoms with van der Waals surface area (Å²) in [5.74, 6) is 0.582. The molecule has 0 fully saturated rings. The molecule has 1 N–H and O–H groups in total. The van der Waals surface area contributed by atoms with Gasteiger partial charge in [-0.3, -0.25) is 9.59 Å². The van der Waals surface area contributed by atoms with Gasteiger partial charge in [0.05, 0.1) is 17.4 Å². The molecule has 25 heavy (non-hydrogen) atoms. The molecule has 2 heterocycles. The third-order valence-corrected chi connectivity index (χ3v) is 4.87. The van der Waals surface area contributed by atoms with E-state index in [2.05, 4.69) is 15.3 Å². The maximum atomic E-state index is 12.6. The number of amides is 1. The first-order valence-corrected chi connectivity index (χ1v) is 9.27. The van der Waals surface area contributed by atoms with Crippen molar-refractivity contribution in [2.24, 2.45) is 0 Å². The average Bonchev–Trinajstić information content (AvgIpc) is 3.11. The quantitative estimate of drug-likeness (QED) is 0.737. The van der Waals surface area contributed by atoms with E-state index in [1.807, 2.05) is 43.5 Å². The van der Waals surface area contributed by atoms with E-state index in [1.54, 1.807) is 22.3 Å². The number of hydrogen-bond acceptors (Lipinski definition) is 4. The van der Waals surface area contributed by atoms with Gasteiger partial charge in [-0.15, -0.1) is 0 Å². The summed E-state index contributed by atoms with van der Waals surface area (Å²) in [4.78, 5) is 33.9. The van der Waals surface area contributed by atoms with Crippen molar-refractivity contribution >= 4 is 28.1 Å². The predicted molar refractivity (Wildman–Crippen MR) is 101 cm³/mol. The molecule has 0 aliphatic heterocycles. The van der Waals surface area contributed by atoms with Gasteiger partial charge >= 0.3 is 0 Å². The molecule has 0 unspecified atom stereocenters. The van der Waals surface area contributed by atoms with E-state index in [9.17, 15) is 9.59 Å². The van der Waals surface area contributed by atoms with E-state index in [0.717, 1.165) is 6.42 Å². The molecule has 1 amide bonds. The fraction of sp³-hybridized carbons (Fsp3) is 0.316. The minimum atomic E-state index is -0.171. The summed E-state index contributed by atoms with van der Waals surface area (Å²) in [5.41, 5.74) is 1.66. The Balaban J connectivity index is 1.77. The number of aryl methyl sites for hydroxylation is 1. The molecule has 2 aromatic heterocycles. The minimum Gasteiger partial charge on any atom is -0.333 e. The van der Waals surface area contributed by atoms with Gasteiger partial charge in [0.2, 0.25) is 5.91 Å². The molecular formula is C19H21N3O2S. The predicted octanol–water partition coefficient (Wildman–Crippen LogP) is 3.35. The first kappa shape index (κ1) is 17.4. The van der Waals surface area contributed by atoms with Gasteiger partial charge in [-0.25, -0.2) is 4.98 Å². The van der Waals surface area contributed by atoms with Gasteiger partial charge in [-0.2, -0.15) is 11.3 Å². The molecular weight excluding hydrogens is 334 g/mol. The zero-order valence-electron chi connectivity index (χ0n) is 14.4. The average molecular weight is 355 g/mol. The number of para-hydroxylation sites is 1. The van der Waals surface area contributed by atoms with Crippen LogP contribution in [-0.4, -0.2) is 26.8 Å². The van der Waals surface area contributed by atoms with Crippen LogP contribution in [0.3, 0.4) is 0 Å². The smallest absolute Gasteiger partial charge is 0.258 e. The van der Waals surface area contributed by atoms with E-state index < -0.39 is 0 Å². The van der Waals surface area contributed by atoms with Gasteiger partial charge in [0.25, 0.3) is 5.56 Å². The monoisotopic (exact) mass is 355 g/mol. The lowest BCUT2D eigenvalue weighted by Gasteiger charge is -2.26. The molecule has 0 saturated heterocycles. The standard InChI is InChI=1S/C19H21N3O2S/c1-13(2)22(18(23)8-7-14-9-10-25-12-14)11-17-20-16-6-4-3-5-15(16)19(24)21-17/h3-6,9-10,12-13H,7-8,11H2,1-2H3,(H,20,21,24). The van der Waals surface area contributed by atoms with Crippen molar-refractivity contribution in [3.63, 3.8) is 0 Å². The Labute approximate surface area is 150 Å². The van der Waals surface area contributed by atoms with Crippen molar-refractivity contribution in [2.45, 2.75) is 39.3 Å². The van der Waals surface area contributed by atoms with Crippen LogP contribution in [0.5, 0.6) is 0 Å². The zero-order chi connectivity index (χ0) is 17.8. The molecule has 1 aromatic carbocycles. The van der Waals surface area contributed by atoms with Crippen LogP contribution >= 0.6 is 11.3 Å². The number of rotatable bonds is 6. The molecule has 0 atom stereocenters. The molecule has 0 saturated carbocycles. The van der Waals surface area contributed by atoms with E-state index in [1.165, 1.54) is 5.56 Å². The Hall–Kier alpha value is -2.47. The van der Waals surface area contributed by atoms with Crippen molar-refractivity contribution in [3.05, 3.63) is 62.8 Å². The number of nitrogens with one attached hydrogen (secondary N) is 1. The van der Waals surface area contributed by atoms with Gasteiger partial charge in [-0.1, -0.05) is 12.1 Å². The maximum Gasteiger partial charge on any atom is 0.258 e. The number of benzene rings is 1. The lowest BCUT2D eigenvalue weighted by atomic mass is 10.1. The van der Waals surface area contributed by atoms with Crippen LogP contribution in [-0.2, 0) is 17.8 Å². The third-order valence-electron chi connectivity index (χ3n) is 4.13. The molecule has 0 radical (unpaired) electrons. The van der Waals surface area contributed by atoms with Crippen molar-refractivity contribution in [3.8, 4) is 0 Å². The topological polar surface area (TPSA) is 66.1 Å². The SMILES string of the molecule is CC(C)N(Cc1nc2ccccc2c(=O)[nH]1)C(=O)CCc1ccsc1. The van der Waals surface area contributed by atoms with Crippen LogP contribution in [0.1, 0.15) is 31.7 Å². The maximum absolute atomic E-state index is 12.6. The highest BCUT2D eigenvalue weighted by atomic mass is 32.1. The van der Waals surface area contributed by atoms with Crippen molar-refractivity contribution < 1.29 is 4.79 Å². The first-order valence-electron chi connectivity index (χ1n) is 8.33. The second-order valence-corrected chi connectivity index (χ2v) is 7.06. The van der Waals surface area contributed by atoms with Crippen LogP contribution in [0, 0.1) is 0 Å². The first-order chi connectivity index (χ1) is 12.0.